The Bertz CT molecular complexity index is 522. The number of nitrogens with two attached hydrogens (primary N) is 1. The number of anilines is 1. The van der Waals surface area contributed by atoms with E-state index in [-0.39, 0.29) is 17.6 Å². The first-order valence-electron chi connectivity index (χ1n) is 7.19. The highest BCUT2D eigenvalue weighted by Gasteiger charge is 2.28. The number of nitrogens with zero attached hydrogens (tertiary/aromatic N) is 3. The van der Waals surface area contributed by atoms with E-state index in [0.29, 0.717) is 6.42 Å². The molecule has 0 spiro atoms. The van der Waals surface area contributed by atoms with Crippen molar-refractivity contribution in [2.24, 2.45) is 0 Å². The van der Waals surface area contributed by atoms with Crippen molar-refractivity contribution in [2.45, 2.75) is 57.6 Å². The second kappa shape index (κ2) is 6.55. The van der Waals surface area contributed by atoms with Crippen LogP contribution in [0.1, 0.15) is 62.0 Å². The number of esters is 1. The summed E-state index contributed by atoms with van der Waals surface area (Å²) in [6.07, 6.45) is 5.09. The van der Waals surface area contributed by atoms with E-state index < -0.39 is 18.0 Å². The molecule has 0 saturated heterocycles. The minimum atomic E-state index is -1.07. The maximum absolute atomic E-state index is 12.1. The van der Waals surface area contributed by atoms with E-state index in [1.165, 1.54) is 0 Å². The minimum absolute atomic E-state index is 0.0648. The molecule has 1 aliphatic carbocycles. The fourth-order valence-electron chi connectivity index (χ4n) is 2.52. The Morgan fingerprint density at radius 2 is 2.10 bits per heavy atom. The fraction of sp³-hybridized carbons (Fsp3) is 0.692. The topological polar surface area (TPSA) is 120 Å². The van der Waals surface area contributed by atoms with E-state index in [1.807, 2.05) is 0 Å². The van der Waals surface area contributed by atoms with E-state index in [2.05, 4.69) is 10.3 Å². The zero-order chi connectivity index (χ0) is 15.4. The number of hydrogen-bond donors (Lipinski definition) is 2. The molecule has 3 N–H and O–H groups in total. The predicted molar refractivity (Wildman–Crippen MR) is 73.7 cm³/mol. The summed E-state index contributed by atoms with van der Waals surface area (Å²) in [5.74, 6) is -1.77. The van der Waals surface area contributed by atoms with Crippen LogP contribution in [0.4, 0.5) is 5.82 Å². The van der Waals surface area contributed by atoms with Crippen LogP contribution in [0, 0.1) is 0 Å². The molecule has 0 radical (unpaired) electrons. The lowest BCUT2D eigenvalue weighted by Crippen LogP contribution is -2.23. The van der Waals surface area contributed by atoms with Crippen LogP contribution in [0.3, 0.4) is 0 Å². The molecule has 1 unspecified atom stereocenters. The molecular weight excluding hydrogens is 276 g/mol. The molecule has 0 bridgehead atoms. The van der Waals surface area contributed by atoms with Crippen LogP contribution >= 0.6 is 0 Å². The van der Waals surface area contributed by atoms with E-state index in [1.54, 1.807) is 6.92 Å². The molecular formula is C13H20N4O4. The van der Waals surface area contributed by atoms with Gasteiger partial charge < -0.3 is 15.6 Å². The number of aliphatic carboxylic acids is 1. The minimum Gasteiger partial charge on any atom is -0.480 e. The highest BCUT2D eigenvalue weighted by molar-refractivity contribution is 5.92. The third kappa shape index (κ3) is 3.32. The number of aromatic nitrogens is 3. The molecule has 0 amide bonds. The van der Waals surface area contributed by atoms with Crippen molar-refractivity contribution in [3.8, 4) is 0 Å². The van der Waals surface area contributed by atoms with E-state index in [0.717, 1.165) is 36.8 Å². The van der Waals surface area contributed by atoms with Gasteiger partial charge in [-0.1, -0.05) is 18.6 Å². The molecule has 2 rings (SSSR count). The van der Waals surface area contributed by atoms with Gasteiger partial charge in [0.15, 0.2) is 11.9 Å². The molecule has 0 aliphatic heterocycles. The normalized spacial score (nSPS) is 17.4. The molecule has 1 aromatic rings. The summed E-state index contributed by atoms with van der Waals surface area (Å²) < 4.78 is 6.42. The Labute approximate surface area is 122 Å². The van der Waals surface area contributed by atoms with Crippen LogP contribution in [-0.4, -0.2) is 38.1 Å². The summed E-state index contributed by atoms with van der Waals surface area (Å²) in [7, 11) is 0. The standard InChI is InChI=1S/C13H20N4O4/c1-2-9(12(18)19)17-11(14)10(15-16-17)13(20)21-8-6-4-3-5-7-8/h8-9H,2-7,14H2,1H3,(H,18,19). The summed E-state index contributed by atoms with van der Waals surface area (Å²) in [5, 5.41) is 16.5. The van der Waals surface area contributed by atoms with Crippen LogP contribution in [0.5, 0.6) is 0 Å². The number of carboxylic acids is 1. The summed E-state index contributed by atoms with van der Waals surface area (Å²) in [5.41, 5.74) is 5.69. The van der Waals surface area contributed by atoms with Gasteiger partial charge in [0, 0.05) is 0 Å². The highest BCUT2D eigenvalue weighted by Crippen LogP contribution is 2.23. The van der Waals surface area contributed by atoms with Crippen molar-refractivity contribution >= 4 is 17.8 Å². The molecule has 1 saturated carbocycles. The van der Waals surface area contributed by atoms with Gasteiger partial charge in [-0.3, -0.25) is 0 Å². The van der Waals surface area contributed by atoms with Gasteiger partial charge in [0.2, 0.25) is 5.69 Å². The fourth-order valence-corrected chi connectivity index (χ4v) is 2.52. The number of carbonyl (C=O) groups excluding carboxylic acids is 1. The Balaban J connectivity index is 2.11. The number of ether oxygens (including phenoxy) is 1. The number of hydrogen-bond acceptors (Lipinski definition) is 6. The lowest BCUT2D eigenvalue weighted by Gasteiger charge is -2.21. The van der Waals surface area contributed by atoms with E-state index >= 15 is 0 Å². The van der Waals surface area contributed by atoms with Crippen molar-refractivity contribution in [1.29, 1.82) is 0 Å². The predicted octanol–water partition coefficient (Wildman–Crippen LogP) is 1.39. The van der Waals surface area contributed by atoms with Crippen LogP contribution in [0.2, 0.25) is 0 Å². The van der Waals surface area contributed by atoms with E-state index in [9.17, 15) is 9.59 Å². The molecule has 8 heteroatoms. The monoisotopic (exact) mass is 296 g/mol. The lowest BCUT2D eigenvalue weighted by atomic mass is 9.98. The summed E-state index contributed by atoms with van der Waals surface area (Å²) in [6.45, 7) is 1.69. The third-order valence-corrected chi connectivity index (χ3v) is 3.72. The van der Waals surface area contributed by atoms with Crippen molar-refractivity contribution in [3.63, 3.8) is 0 Å². The lowest BCUT2D eigenvalue weighted by molar-refractivity contribution is -0.141. The Morgan fingerprint density at radius 3 is 2.67 bits per heavy atom. The van der Waals surface area contributed by atoms with Crippen LogP contribution in [0.25, 0.3) is 0 Å². The van der Waals surface area contributed by atoms with Crippen molar-refractivity contribution in [1.82, 2.24) is 15.0 Å². The quantitative estimate of drug-likeness (QED) is 0.787. The molecule has 1 heterocycles. The van der Waals surface area contributed by atoms with Gasteiger partial charge in [0.1, 0.15) is 6.10 Å². The smallest absolute Gasteiger partial charge is 0.363 e. The first kappa shape index (κ1) is 15.3. The third-order valence-electron chi connectivity index (χ3n) is 3.72. The van der Waals surface area contributed by atoms with Gasteiger partial charge >= 0.3 is 11.9 Å². The number of rotatable bonds is 5. The largest absolute Gasteiger partial charge is 0.480 e. The molecule has 1 atom stereocenters. The van der Waals surface area contributed by atoms with Crippen molar-refractivity contribution in [3.05, 3.63) is 5.69 Å². The number of carboxylic acid groups (broad SMARTS) is 1. The van der Waals surface area contributed by atoms with Crippen molar-refractivity contribution < 1.29 is 19.4 Å². The summed E-state index contributed by atoms with van der Waals surface area (Å²) >= 11 is 0. The Morgan fingerprint density at radius 1 is 1.43 bits per heavy atom. The van der Waals surface area contributed by atoms with Gasteiger partial charge in [-0.15, -0.1) is 5.10 Å². The van der Waals surface area contributed by atoms with Gasteiger partial charge in [-0.2, -0.15) is 0 Å². The Kier molecular flexibility index (Phi) is 4.77. The van der Waals surface area contributed by atoms with Gasteiger partial charge in [-0.25, -0.2) is 14.3 Å². The molecule has 116 valence electrons. The second-order valence-corrected chi connectivity index (χ2v) is 5.20. The van der Waals surface area contributed by atoms with Crippen LogP contribution < -0.4 is 5.73 Å². The number of nitrogen functional groups attached to an aromatic ring is 1. The zero-order valence-electron chi connectivity index (χ0n) is 12.0. The molecule has 1 aliphatic rings. The summed E-state index contributed by atoms with van der Waals surface area (Å²) in [4.78, 5) is 23.2. The Hall–Kier alpha value is -2.12. The first-order valence-corrected chi connectivity index (χ1v) is 7.19. The first-order chi connectivity index (χ1) is 10.0. The maximum atomic E-state index is 12.1. The molecule has 0 aromatic carbocycles. The average molecular weight is 296 g/mol. The second-order valence-electron chi connectivity index (χ2n) is 5.20. The molecule has 1 fully saturated rings. The van der Waals surface area contributed by atoms with Crippen molar-refractivity contribution in [2.75, 3.05) is 5.73 Å². The maximum Gasteiger partial charge on any atom is 0.363 e. The van der Waals surface area contributed by atoms with Crippen LogP contribution in [0.15, 0.2) is 0 Å². The van der Waals surface area contributed by atoms with Crippen LogP contribution in [-0.2, 0) is 9.53 Å². The molecule has 21 heavy (non-hydrogen) atoms. The van der Waals surface area contributed by atoms with E-state index in [4.69, 9.17) is 15.6 Å². The zero-order valence-corrected chi connectivity index (χ0v) is 12.0. The average Bonchev–Trinajstić information content (AvgIpc) is 2.82. The SMILES string of the molecule is CCC(C(=O)O)n1nnc(C(=O)OC2CCCCC2)c1N. The highest BCUT2D eigenvalue weighted by atomic mass is 16.5. The van der Waals surface area contributed by atoms with Gasteiger partial charge in [0.05, 0.1) is 0 Å². The van der Waals surface area contributed by atoms with Gasteiger partial charge in [-0.05, 0) is 32.1 Å². The molecule has 8 nitrogen and oxygen atoms in total. The van der Waals surface area contributed by atoms with Gasteiger partial charge in [0.25, 0.3) is 0 Å². The number of carbonyl (C=O) groups is 2. The molecule has 1 aromatic heterocycles. The summed E-state index contributed by atoms with van der Waals surface area (Å²) in [6, 6.07) is -0.936.